The van der Waals surface area contributed by atoms with Gasteiger partial charge in [0.25, 0.3) is 0 Å². The Morgan fingerprint density at radius 1 is 1.32 bits per heavy atom. The molecule has 2 aliphatic rings. The van der Waals surface area contributed by atoms with Gasteiger partial charge in [-0.05, 0) is 43.5 Å². The highest BCUT2D eigenvalue weighted by Crippen LogP contribution is 2.32. The fourth-order valence-corrected chi connectivity index (χ4v) is 4.57. The van der Waals surface area contributed by atoms with Crippen molar-refractivity contribution in [3.63, 3.8) is 0 Å². The first kappa shape index (κ1) is 15.3. The summed E-state index contributed by atoms with van der Waals surface area (Å²) in [5.74, 6) is -0.544. The van der Waals surface area contributed by atoms with Crippen LogP contribution in [0.4, 0.5) is 0 Å². The van der Waals surface area contributed by atoms with E-state index in [4.69, 9.17) is 9.84 Å². The Morgan fingerprint density at radius 2 is 2.00 bits per heavy atom. The van der Waals surface area contributed by atoms with Gasteiger partial charge in [-0.25, -0.2) is 8.42 Å². The first-order chi connectivity index (χ1) is 10.4. The minimum atomic E-state index is -3.57. The number of benzene rings is 1. The minimum Gasteiger partial charge on any atom is -0.490 e. The number of carboxylic acids is 1. The molecule has 0 amide bonds. The van der Waals surface area contributed by atoms with Gasteiger partial charge < -0.3 is 9.84 Å². The molecule has 1 N–H and O–H groups in total. The van der Waals surface area contributed by atoms with Crippen LogP contribution in [0.15, 0.2) is 23.1 Å². The summed E-state index contributed by atoms with van der Waals surface area (Å²) in [7, 11) is -3.57. The topological polar surface area (TPSA) is 83.9 Å². The number of nitrogens with zero attached hydrogens (tertiary/aromatic N) is 1. The van der Waals surface area contributed by atoms with Gasteiger partial charge in [0.05, 0.1) is 10.8 Å². The number of ether oxygens (including phenoxy) is 1. The standard InChI is InChI=1S/C15H19NO5S/c1-10-8-12-9-13(2-3-14(12)21-10)22(19,20)16-6-4-11(5-7-16)15(17)18/h2-3,9-11H,4-8H2,1H3,(H,17,18). The Balaban J connectivity index is 1.80. The zero-order chi connectivity index (χ0) is 15.9. The van der Waals surface area contributed by atoms with Crippen molar-refractivity contribution in [3.8, 4) is 5.75 Å². The van der Waals surface area contributed by atoms with Crippen molar-refractivity contribution < 1.29 is 23.1 Å². The van der Waals surface area contributed by atoms with Crippen LogP contribution in [0.5, 0.6) is 5.75 Å². The minimum absolute atomic E-state index is 0.0688. The van der Waals surface area contributed by atoms with Gasteiger partial charge in [-0.2, -0.15) is 4.31 Å². The normalized spacial score (nSPS) is 23.0. The lowest BCUT2D eigenvalue weighted by atomic mass is 9.99. The zero-order valence-electron chi connectivity index (χ0n) is 12.4. The molecule has 2 heterocycles. The largest absolute Gasteiger partial charge is 0.490 e. The molecule has 0 radical (unpaired) electrons. The van der Waals surface area contributed by atoms with Gasteiger partial charge in [0.1, 0.15) is 11.9 Å². The van der Waals surface area contributed by atoms with Crippen LogP contribution >= 0.6 is 0 Å². The zero-order valence-corrected chi connectivity index (χ0v) is 13.2. The van der Waals surface area contributed by atoms with Gasteiger partial charge in [-0.15, -0.1) is 0 Å². The number of rotatable bonds is 3. The number of fused-ring (bicyclic) bond motifs is 1. The first-order valence-corrected chi connectivity index (χ1v) is 8.84. The van der Waals surface area contributed by atoms with Crippen molar-refractivity contribution >= 4 is 16.0 Å². The molecule has 1 fully saturated rings. The van der Waals surface area contributed by atoms with Crippen LogP contribution in [-0.2, 0) is 21.2 Å². The average molecular weight is 325 g/mol. The molecule has 0 spiro atoms. The monoisotopic (exact) mass is 325 g/mol. The molecule has 1 unspecified atom stereocenters. The van der Waals surface area contributed by atoms with Gasteiger partial charge in [-0.3, -0.25) is 4.79 Å². The average Bonchev–Trinajstić information content (AvgIpc) is 2.86. The predicted molar refractivity (Wildman–Crippen MR) is 79.4 cm³/mol. The maximum absolute atomic E-state index is 12.7. The summed E-state index contributed by atoms with van der Waals surface area (Å²) in [6.07, 6.45) is 1.50. The predicted octanol–water partition coefficient (Wildman–Crippen LogP) is 1.50. The summed E-state index contributed by atoms with van der Waals surface area (Å²) < 4.78 is 32.3. The molecular formula is C15H19NO5S. The van der Waals surface area contributed by atoms with Crippen molar-refractivity contribution in [3.05, 3.63) is 23.8 Å². The molecule has 0 bridgehead atoms. The van der Waals surface area contributed by atoms with E-state index in [1.165, 1.54) is 4.31 Å². The highest BCUT2D eigenvalue weighted by Gasteiger charge is 2.32. The molecule has 120 valence electrons. The Bertz CT molecular complexity index is 692. The molecule has 1 atom stereocenters. The molecule has 22 heavy (non-hydrogen) atoms. The van der Waals surface area contributed by atoms with E-state index in [1.807, 2.05) is 6.92 Å². The van der Waals surface area contributed by atoms with E-state index in [9.17, 15) is 13.2 Å². The fraction of sp³-hybridized carbons (Fsp3) is 0.533. The maximum atomic E-state index is 12.7. The van der Waals surface area contributed by atoms with E-state index in [2.05, 4.69) is 0 Å². The molecule has 6 nitrogen and oxygen atoms in total. The summed E-state index contributed by atoms with van der Waals surface area (Å²) in [5.41, 5.74) is 0.911. The van der Waals surface area contributed by atoms with Crippen molar-refractivity contribution in [1.29, 1.82) is 0 Å². The third-order valence-corrected chi connectivity index (χ3v) is 6.20. The lowest BCUT2D eigenvalue weighted by Crippen LogP contribution is -2.40. The molecule has 3 rings (SSSR count). The van der Waals surface area contributed by atoms with Gasteiger partial charge in [-0.1, -0.05) is 0 Å². The summed E-state index contributed by atoms with van der Waals surface area (Å²) >= 11 is 0. The van der Waals surface area contributed by atoms with Crippen LogP contribution in [0.25, 0.3) is 0 Å². The fourth-order valence-electron chi connectivity index (χ4n) is 3.05. The second-order valence-corrected chi connectivity index (χ2v) is 7.86. The van der Waals surface area contributed by atoms with E-state index in [-0.39, 0.29) is 24.1 Å². The molecular weight excluding hydrogens is 306 g/mol. The number of carbonyl (C=O) groups is 1. The highest BCUT2D eigenvalue weighted by atomic mass is 32.2. The van der Waals surface area contributed by atoms with Crippen LogP contribution < -0.4 is 4.74 Å². The third kappa shape index (κ3) is 2.70. The SMILES string of the molecule is CC1Cc2cc(S(=O)(=O)N3CCC(C(=O)O)CC3)ccc2O1. The van der Waals surface area contributed by atoms with Crippen LogP contribution in [-0.4, -0.2) is 43.0 Å². The summed E-state index contributed by atoms with van der Waals surface area (Å²) in [5, 5.41) is 8.99. The quantitative estimate of drug-likeness (QED) is 0.910. The molecule has 0 aromatic heterocycles. The van der Waals surface area contributed by atoms with Crippen LogP contribution in [0.3, 0.4) is 0 Å². The van der Waals surface area contributed by atoms with E-state index in [1.54, 1.807) is 18.2 Å². The Kier molecular flexibility index (Phi) is 3.86. The van der Waals surface area contributed by atoms with Crippen LogP contribution in [0.2, 0.25) is 0 Å². The number of hydrogen-bond acceptors (Lipinski definition) is 4. The number of carboxylic acid groups (broad SMARTS) is 1. The van der Waals surface area contributed by atoms with E-state index in [0.717, 1.165) is 11.3 Å². The van der Waals surface area contributed by atoms with Crippen molar-refractivity contribution in [2.45, 2.75) is 37.2 Å². The molecule has 1 aromatic carbocycles. The highest BCUT2D eigenvalue weighted by molar-refractivity contribution is 7.89. The van der Waals surface area contributed by atoms with Crippen LogP contribution in [0, 0.1) is 5.92 Å². The number of sulfonamides is 1. The van der Waals surface area contributed by atoms with Gasteiger partial charge >= 0.3 is 5.97 Å². The maximum Gasteiger partial charge on any atom is 0.306 e. The van der Waals surface area contributed by atoms with Gasteiger partial charge in [0.2, 0.25) is 10.0 Å². The third-order valence-electron chi connectivity index (χ3n) is 4.31. The molecule has 1 saturated heterocycles. The second-order valence-electron chi connectivity index (χ2n) is 5.92. The first-order valence-electron chi connectivity index (χ1n) is 7.40. The smallest absolute Gasteiger partial charge is 0.306 e. The Hall–Kier alpha value is -1.60. The van der Waals surface area contributed by atoms with Crippen molar-refractivity contribution in [2.24, 2.45) is 5.92 Å². The van der Waals surface area contributed by atoms with Crippen molar-refractivity contribution in [2.75, 3.05) is 13.1 Å². The molecule has 1 aromatic rings. The van der Waals surface area contributed by atoms with Crippen LogP contribution in [0.1, 0.15) is 25.3 Å². The molecule has 7 heteroatoms. The van der Waals surface area contributed by atoms with Gasteiger partial charge in [0, 0.05) is 19.5 Å². The van der Waals surface area contributed by atoms with E-state index >= 15 is 0 Å². The molecule has 2 aliphatic heterocycles. The second kappa shape index (κ2) is 5.55. The number of hydrogen-bond donors (Lipinski definition) is 1. The lowest BCUT2D eigenvalue weighted by molar-refractivity contribution is -0.142. The summed E-state index contributed by atoms with van der Waals surface area (Å²) in [6, 6.07) is 4.95. The molecule has 0 aliphatic carbocycles. The Labute approximate surface area is 129 Å². The van der Waals surface area contributed by atoms with E-state index < -0.39 is 21.9 Å². The number of piperidine rings is 1. The Morgan fingerprint density at radius 3 is 2.64 bits per heavy atom. The van der Waals surface area contributed by atoms with Gasteiger partial charge in [0.15, 0.2) is 0 Å². The lowest BCUT2D eigenvalue weighted by Gasteiger charge is -2.29. The summed E-state index contributed by atoms with van der Waals surface area (Å²) in [6.45, 7) is 2.46. The summed E-state index contributed by atoms with van der Waals surface area (Å²) in [4.78, 5) is 11.2. The van der Waals surface area contributed by atoms with E-state index in [0.29, 0.717) is 19.3 Å². The molecule has 0 saturated carbocycles. The van der Waals surface area contributed by atoms with Crippen molar-refractivity contribution in [1.82, 2.24) is 4.31 Å². The number of aliphatic carboxylic acids is 1.